The van der Waals surface area contributed by atoms with Gasteiger partial charge >= 0.3 is 0 Å². The van der Waals surface area contributed by atoms with Crippen molar-refractivity contribution >= 4 is 23.7 Å². The van der Waals surface area contributed by atoms with Crippen molar-refractivity contribution in [2.24, 2.45) is 5.10 Å². The van der Waals surface area contributed by atoms with Crippen molar-refractivity contribution in [2.45, 2.75) is 13.0 Å². The van der Waals surface area contributed by atoms with Gasteiger partial charge in [0.2, 0.25) is 6.10 Å². The minimum Gasteiger partial charge on any atom is -0.485 e. The van der Waals surface area contributed by atoms with Gasteiger partial charge in [-0.15, -0.1) is 0 Å². The van der Waals surface area contributed by atoms with Crippen molar-refractivity contribution in [3.05, 3.63) is 70.8 Å². The maximum absolute atomic E-state index is 13.1. The summed E-state index contributed by atoms with van der Waals surface area (Å²) >= 11 is 6.38. The number of para-hydroxylation sites is 2. The number of benzene rings is 2. The molecule has 1 aliphatic rings. The van der Waals surface area contributed by atoms with Crippen LogP contribution >= 0.6 is 11.6 Å². The van der Waals surface area contributed by atoms with Crippen LogP contribution in [0.25, 0.3) is 5.69 Å². The van der Waals surface area contributed by atoms with Crippen molar-refractivity contribution in [1.29, 1.82) is 0 Å². The van der Waals surface area contributed by atoms with Crippen LogP contribution in [0.4, 0.5) is 4.39 Å². The number of aromatic nitrogens is 2. The minimum absolute atomic E-state index is 0.0840. The molecule has 0 fully saturated rings. The molecule has 1 N–H and O–H groups in total. The summed E-state index contributed by atoms with van der Waals surface area (Å²) in [6.45, 7) is 1.84. The molecule has 9 heteroatoms. The number of hydrogen-bond donors (Lipinski definition) is 1. The van der Waals surface area contributed by atoms with Gasteiger partial charge in [-0.25, -0.2) is 14.5 Å². The molecule has 2 heterocycles. The van der Waals surface area contributed by atoms with Crippen LogP contribution in [0.15, 0.2) is 53.6 Å². The molecule has 3 aromatic rings. The molecule has 1 aromatic heterocycles. The Bertz CT molecular complexity index is 1080. The van der Waals surface area contributed by atoms with Crippen LogP contribution in [0, 0.1) is 12.7 Å². The van der Waals surface area contributed by atoms with Crippen LogP contribution in [-0.4, -0.2) is 34.6 Å². The SMILES string of the molecule is Cc1nn(-c2ccc(F)cc2)c(Cl)c1/C=N\NC(=O)[C@@H]1COc2ccccc2O1. The molecule has 0 aliphatic carbocycles. The Hall–Kier alpha value is -3.39. The normalized spacial score (nSPS) is 15.5. The second kappa shape index (κ2) is 7.92. The standard InChI is InChI=1S/C20H16ClFN4O3/c1-12-15(19(21)26(25-12)14-8-6-13(22)7-9-14)10-23-24-20(27)18-11-28-16-4-2-3-5-17(16)29-18/h2-10,18H,11H2,1H3,(H,24,27)/b23-10-/t18-/m0/s1. The maximum atomic E-state index is 13.1. The number of ether oxygens (including phenoxy) is 2. The van der Waals surface area contributed by atoms with Crippen LogP contribution < -0.4 is 14.9 Å². The van der Waals surface area contributed by atoms with E-state index in [4.69, 9.17) is 21.1 Å². The molecule has 2 aromatic carbocycles. The second-order valence-corrected chi connectivity index (χ2v) is 6.63. The van der Waals surface area contributed by atoms with Crippen LogP contribution in [0.5, 0.6) is 11.5 Å². The largest absolute Gasteiger partial charge is 0.485 e. The number of hydrogen-bond acceptors (Lipinski definition) is 5. The summed E-state index contributed by atoms with van der Waals surface area (Å²) in [6.07, 6.45) is 0.584. The first-order valence-corrected chi connectivity index (χ1v) is 9.13. The van der Waals surface area contributed by atoms with Gasteiger partial charge in [0.25, 0.3) is 5.91 Å². The Kier molecular flexibility index (Phi) is 5.18. The van der Waals surface area contributed by atoms with E-state index in [2.05, 4.69) is 15.6 Å². The van der Waals surface area contributed by atoms with Gasteiger partial charge in [-0.1, -0.05) is 23.7 Å². The highest BCUT2D eigenvalue weighted by molar-refractivity contribution is 6.32. The lowest BCUT2D eigenvalue weighted by atomic mass is 10.2. The average Bonchev–Trinajstić information content (AvgIpc) is 3.02. The molecule has 4 rings (SSSR count). The van der Waals surface area contributed by atoms with Gasteiger partial charge in [0.05, 0.1) is 23.2 Å². The number of amides is 1. The number of fused-ring (bicyclic) bond motifs is 1. The van der Waals surface area contributed by atoms with Gasteiger partial charge in [-0.2, -0.15) is 10.2 Å². The number of rotatable bonds is 4. The van der Waals surface area contributed by atoms with E-state index < -0.39 is 12.0 Å². The number of carbonyl (C=O) groups is 1. The third-order valence-corrected chi connectivity index (χ3v) is 4.65. The lowest BCUT2D eigenvalue weighted by molar-refractivity contribution is -0.130. The number of aryl methyl sites for hydroxylation is 1. The highest BCUT2D eigenvalue weighted by Gasteiger charge is 2.27. The fraction of sp³-hybridized carbons (Fsp3) is 0.150. The average molecular weight is 415 g/mol. The Balaban J connectivity index is 1.45. The summed E-state index contributed by atoms with van der Waals surface area (Å²) in [5, 5.41) is 8.58. The van der Waals surface area contributed by atoms with Gasteiger partial charge in [0.1, 0.15) is 17.6 Å². The zero-order valence-corrected chi connectivity index (χ0v) is 16.1. The molecule has 1 amide bonds. The molecule has 148 valence electrons. The zero-order valence-electron chi connectivity index (χ0n) is 15.3. The molecule has 0 saturated heterocycles. The van der Waals surface area contributed by atoms with Crippen LogP contribution in [0.2, 0.25) is 5.15 Å². The molecular weight excluding hydrogens is 399 g/mol. The van der Waals surface area contributed by atoms with Gasteiger partial charge in [0, 0.05) is 0 Å². The number of nitrogens with one attached hydrogen (secondary N) is 1. The fourth-order valence-electron chi connectivity index (χ4n) is 2.79. The van der Waals surface area contributed by atoms with Crippen molar-refractivity contribution in [2.75, 3.05) is 6.61 Å². The van der Waals surface area contributed by atoms with E-state index >= 15 is 0 Å². The summed E-state index contributed by atoms with van der Waals surface area (Å²) in [6, 6.07) is 12.9. The zero-order chi connectivity index (χ0) is 20.4. The molecule has 7 nitrogen and oxygen atoms in total. The fourth-order valence-corrected chi connectivity index (χ4v) is 3.11. The predicted molar refractivity (Wildman–Crippen MR) is 105 cm³/mol. The van der Waals surface area contributed by atoms with Crippen molar-refractivity contribution in [3.8, 4) is 17.2 Å². The smallest absolute Gasteiger partial charge is 0.284 e. The summed E-state index contributed by atoms with van der Waals surface area (Å²) in [7, 11) is 0. The van der Waals surface area contributed by atoms with E-state index in [-0.39, 0.29) is 12.4 Å². The molecular formula is C20H16ClFN4O3. The number of halogens is 2. The molecule has 1 aliphatic heterocycles. The molecule has 0 spiro atoms. The van der Waals surface area contributed by atoms with E-state index in [1.165, 1.54) is 23.0 Å². The number of nitrogens with zero attached hydrogens (tertiary/aromatic N) is 3. The first-order valence-electron chi connectivity index (χ1n) is 8.75. The van der Waals surface area contributed by atoms with E-state index in [0.29, 0.717) is 33.6 Å². The lowest BCUT2D eigenvalue weighted by Crippen LogP contribution is -2.42. The first kappa shape index (κ1) is 18.9. The van der Waals surface area contributed by atoms with E-state index in [9.17, 15) is 9.18 Å². The maximum Gasteiger partial charge on any atom is 0.284 e. The molecule has 0 bridgehead atoms. The monoisotopic (exact) mass is 414 g/mol. The molecule has 29 heavy (non-hydrogen) atoms. The topological polar surface area (TPSA) is 77.7 Å². The number of hydrazone groups is 1. The molecule has 0 saturated carbocycles. The lowest BCUT2D eigenvalue weighted by Gasteiger charge is -2.24. The summed E-state index contributed by atoms with van der Waals surface area (Å²) in [5.41, 5.74) is 4.16. The molecule has 0 radical (unpaired) electrons. The van der Waals surface area contributed by atoms with Gasteiger partial charge in [0.15, 0.2) is 11.5 Å². The third-order valence-electron chi connectivity index (χ3n) is 4.29. The summed E-state index contributed by atoms with van der Waals surface area (Å²) in [4.78, 5) is 12.3. The van der Waals surface area contributed by atoms with Crippen LogP contribution in [0.1, 0.15) is 11.3 Å². The molecule has 1 atom stereocenters. The van der Waals surface area contributed by atoms with Crippen LogP contribution in [-0.2, 0) is 4.79 Å². The van der Waals surface area contributed by atoms with Crippen LogP contribution in [0.3, 0.4) is 0 Å². The van der Waals surface area contributed by atoms with Gasteiger partial charge < -0.3 is 9.47 Å². The summed E-state index contributed by atoms with van der Waals surface area (Å²) < 4.78 is 25.7. The Morgan fingerprint density at radius 3 is 2.76 bits per heavy atom. The first-order chi connectivity index (χ1) is 14.0. The molecule has 0 unspecified atom stereocenters. The second-order valence-electron chi connectivity index (χ2n) is 6.28. The van der Waals surface area contributed by atoms with E-state index in [1.807, 2.05) is 6.07 Å². The Labute approximate surface area is 170 Å². The van der Waals surface area contributed by atoms with Crippen molar-refractivity contribution in [1.82, 2.24) is 15.2 Å². The Morgan fingerprint density at radius 1 is 1.28 bits per heavy atom. The van der Waals surface area contributed by atoms with Gasteiger partial charge in [-0.3, -0.25) is 4.79 Å². The Morgan fingerprint density at radius 2 is 2.00 bits per heavy atom. The predicted octanol–water partition coefficient (Wildman–Crippen LogP) is 3.26. The van der Waals surface area contributed by atoms with E-state index in [0.717, 1.165) is 0 Å². The minimum atomic E-state index is -0.819. The number of carbonyl (C=O) groups excluding carboxylic acids is 1. The van der Waals surface area contributed by atoms with Crippen molar-refractivity contribution < 1.29 is 18.7 Å². The van der Waals surface area contributed by atoms with Crippen molar-refractivity contribution in [3.63, 3.8) is 0 Å². The van der Waals surface area contributed by atoms with E-state index in [1.54, 1.807) is 37.3 Å². The van der Waals surface area contributed by atoms with Gasteiger partial charge in [-0.05, 0) is 43.3 Å². The summed E-state index contributed by atoms with van der Waals surface area (Å²) in [5.74, 6) is 0.295. The third kappa shape index (κ3) is 3.93. The quantitative estimate of drug-likeness (QED) is 0.525. The highest BCUT2D eigenvalue weighted by atomic mass is 35.5. The highest BCUT2D eigenvalue weighted by Crippen LogP contribution is 2.30.